The van der Waals surface area contributed by atoms with E-state index in [0.29, 0.717) is 12.3 Å². The third-order valence-electron chi connectivity index (χ3n) is 2.78. The number of halogens is 3. The SMILES string of the molecule is COC(=O)c1cc(C(F)(F)F)cn(-c2ccccc2)c1=O. The van der Waals surface area contributed by atoms with Crippen LogP contribution in [0.15, 0.2) is 47.4 Å². The molecule has 0 aliphatic heterocycles. The number of ether oxygens (including phenoxy) is 1. The van der Waals surface area contributed by atoms with Gasteiger partial charge in [0.15, 0.2) is 0 Å². The highest BCUT2D eigenvalue weighted by molar-refractivity contribution is 5.89. The average Bonchev–Trinajstić information content (AvgIpc) is 2.46. The first-order valence-corrected chi connectivity index (χ1v) is 5.82. The molecule has 0 atom stereocenters. The van der Waals surface area contributed by atoms with E-state index in [4.69, 9.17) is 0 Å². The van der Waals surface area contributed by atoms with E-state index in [-0.39, 0.29) is 5.69 Å². The van der Waals surface area contributed by atoms with Crippen LogP contribution in [0.1, 0.15) is 15.9 Å². The topological polar surface area (TPSA) is 48.3 Å². The molecule has 0 saturated heterocycles. The van der Waals surface area contributed by atoms with Gasteiger partial charge in [0, 0.05) is 11.9 Å². The minimum atomic E-state index is -4.69. The van der Waals surface area contributed by atoms with Crippen LogP contribution in [0.2, 0.25) is 0 Å². The summed E-state index contributed by atoms with van der Waals surface area (Å²) in [6.45, 7) is 0. The van der Waals surface area contributed by atoms with E-state index in [1.54, 1.807) is 18.2 Å². The van der Waals surface area contributed by atoms with Gasteiger partial charge in [0.05, 0.1) is 12.7 Å². The number of carbonyl (C=O) groups excluding carboxylic acids is 1. The van der Waals surface area contributed by atoms with Crippen molar-refractivity contribution in [2.75, 3.05) is 7.11 Å². The molecular weight excluding hydrogens is 287 g/mol. The molecule has 1 aromatic heterocycles. The van der Waals surface area contributed by atoms with Crippen molar-refractivity contribution in [1.29, 1.82) is 0 Å². The van der Waals surface area contributed by atoms with Crippen LogP contribution in [-0.4, -0.2) is 17.6 Å². The summed E-state index contributed by atoms with van der Waals surface area (Å²) in [7, 11) is 0.995. The second-order valence-electron chi connectivity index (χ2n) is 4.14. The first kappa shape index (κ1) is 14.8. The highest BCUT2D eigenvalue weighted by atomic mass is 19.4. The summed E-state index contributed by atoms with van der Waals surface area (Å²) >= 11 is 0. The Morgan fingerprint density at radius 1 is 1.19 bits per heavy atom. The molecule has 0 amide bonds. The largest absolute Gasteiger partial charge is 0.465 e. The number of benzene rings is 1. The zero-order valence-electron chi connectivity index (χ0n) is 10.8. The Balaban J connectivity index is 2.76. The van der Waals surface area contributed by atoms with Crippen molar-refractivity contribution in [2.45, 2.75) is 6.18 Å². The summed E-state index contributed by atoms with van der Waals surface area (Å²) in [5, 5.41) is 0. The van der Waals surface area contributed by atoms with Crippen molar-refractivity contribution in [1.82, 2.24) is 4.57 Å². The van der Waals surface area contributed by atoms with Gasteiger partial charge in [-0.05, 0) is 18.2 Å². The van der Waals surface area contributed by atoms with Crippen LogP contribution in [0.5, 0.6) is 0 Å². The number of aromatic nitrogens is 1. The zero-order valence-corrected chi connectivity index (χ0v) is 10.8. The molecule has 0 aliphatic carbocycles. The molecule has 1 heterocycles. The fraction of sp³-hybridized carbons (Fsp3) is 0.143. The van der Waals surface area contributed by atoms with Gasteiger partial charge in [-0.3, -0.25) is 9.36 Å². The fourth-order valence-corrected chi connectivity index (χ4v) is 1.77. The van der Waals surface area contributed by atoms with Gasteiger partial charge in [0.2, 0.25) is 0 Å². The van der Waals surface area contributed by atoms with E-state index < -0.39 is 28.8 Å². The lowest BCUT2D eigenvalue weighted by atomic mass is 10.1. The van der Waals surface area contributed by atoms with Crippen LogP contribution in [0.25, 0.3) is 5.69 Å². The van der Waals surface area contributed by atoms with Gasteiger partial charge in [-0.25, -0.2) is 4.79 Å². The van der Waals surface area contributed by atoms with Crippen LogP contribution in [0.4, 0.5) is 13.2 Å². The summed E-state index contributed by atoms with van der Waals surface area (Å²) in [4.78, 5) is 23.6. The molecule has 0 spiro atoms. The molecule has 2 aromatic rings. The maximum absolute atomic E-state index is 12.9. The summed E-state index contributed by atoms with van der Waals surface area (Å²) in [6, 6.07) is 8.21. The maximum Gasteiger partial charge on any atom is 0.417 e. The van der Waals surface area contributed by atoms with Gasteiger partial charge in [0.1, 0.15) is 5.56 Å². The molecule has 110 valence electrons. The van der Waals surface area contributed by atoms with E-state index in [0.717, 1.165) is 11.7 Å². The highest BCUT2D eigenvalue weighted by Gasteiger charge is 2.33. The van der Waals surface area contributed by atoms with Crippen molar-refractivity contribution < 1.29 is 22.7 Å². The van der Waals surface area contributed by atoms with Gasteiger partial charge in [-0.15, -0.1) is 0 Å². The monoisotopic (exact) mass is 297 g/mol. The summed E-state index contributed by atoms with van der Waals surface area (Å²) < 4.78 is 43.8. The van der Waals surface area contributed by atoms with Crippen LogP contribution in [-0.2, 0) is 10.9 Å². The molecule has 7 heteroatoms. The summed E-state index contributed by atoms with van der Waals surface area (Å²) in [5.74, 6) is -1.12. The molecule has 2 rings (SSSR count). The van der Waals surface area contributed by atoms with Crippen molar-refractivity contribution in [3.05, 3.63) is 64.1 Å². The van der Waals surface area contributed by atoms with E-state index in [2.05, 4.69) is 4.74 Å². The molecule has 0 aliphatic rings. The Kier molecular flexibility index (Phi) is 3.84. The van der Waals surface area contributed by atoms with Gasteiger partial charge >= 0.3 is 12.1 Å². The zero-order chi connectivity index (χ0) is 15.6. The van der Waals surface area contributed by atoms with Gasteiger partial charge in [0.25, 0.3) is 5.56 Å². The van der Waals surface area contributed by atoms with E-state index in [1.165, 1.54) is 12.1 Å². The number of rotatable bonds is 2. The minimum absolute atomic E-state index is 0.221. The van der Waals surface area contributed by atoms with Crippen LogP contribution in [0, 0.1) is 0 Å². The molecule has 1 aromatic carbocycles. The summed E-state index contributed by atoms with van der Waals surface area (Å²) in [6.07, 6.45) is -4.03. The molecule has 0 fully saturated rings. The second kappa shape index (κ2) is 5.43. The summed E-state index contributed by atoms with van der Waals surface area (Å²) in [5.41, 5.74) is -2.43. The van der Waals surface area contributed by atoms with Gasteiger partial charge < -0.3 is 4.74 Å². The van der Waals surface area contributed by atoms with Crippen molar-refractivity contribution in [2.24, 2.45) is 0 Å². The molecule has 21 heavy (non-hydrogen) atoms. The molecule has 0 unspecified atom stereocenters. The van der Waals surface area contributed by atoms with E-state index >= 15 is 0 Å². The number of hydrogen-bond acceptors (Lipinski definition) is 3. The fourth-order valence-electron chi connectivity index (χ4n) is 1.77. The van der Waals surface area contributed by atoms with Gasteiger partial charge in [-0.2, -0.15) is 13.2 Å². The lowest BCUT2D eigenvalue weighted by molar-refractivity contribution is -0.138. The van der Waals surface area contributed by atoms with E-state index in [9.17, 15) is 22.8 Å². The Bertz CT molecular complexity index is 720. The number of carbonyl (C=O) groups is 1. The van der Waals surface area contributed by atoms with Crippen molar-refractivity contribution in [3.8, 4) is 5.69 Å². The number of methoxy groups -OCH3 is 1. The minimum Gasteiger partial charge on any atom is -0.465 e. The number of para-hydroxylation sites is 1. The quantitative estimate of drug-likeness (QED) is 0.801. The third-order valence-corrected chi connectivity index (χ3v) is 2.78. The first-order valence-electron chi connectivity index (χ1n) is 5.82. The Morgan fingerprint density at radius 3 is 2.33 bits per heavy atom. The third kappa shape index (κ3) is 2.96. The van der Waals surface area contributed by atoms with Crippen LogP contribution in [0.3, 0.4) is 0 Å². The molecule has 0 N–H and O–H groups in total. The average molecular weight is 297 g/mol. The molecular formula is C14H10F3NO3. The molecule has 4 nitrogen and oxygen atoms in total. The Morgan fingerprint density at radius 2 is 1.81 bits per heavy atom. The van der Waals surface area contributed by atoms with Crippen LogP contribution >= 0.6 is 0 Å². The lowest BCUT2D eigenvalue weighted by Gasteiger charge is -2.13. The van der Waals surface area contributed by atoms with Crippen LogP contribution < -0.4 is 5.56 Å². The maximum atomic E-state index is 12.9. The molecule has 0 saturated carbocycles. The number of pyridine rings is 1. The molecule has 0 radical (unpaired) electrons. The smallest absolute Gasteiger partial charge is 0.417 e. The van der Waals surface area contributed by atoms with E-state index in [1.807, 2.05) is 0 Å². The predicted octanol–water partition coefficient (Wildman–Crippen LogP) is 2.64. The number of hydrogen-bond donors (Lipinski definition) is 0. The molecule has 0 bridgehead atoms. The lowest BCUT2D eigenvalue weighted by Crippen LogP contribution is -2.27. The Labute approximate surface area is 117 Å². The second-order valence-corrected chi connectivity index (χ2v) is 4.14. The van der Waals surface area contributed by atoms with Gasteiger partial charge in [-0.1, -0.05) is 18.2 Å². The van der Waals surface area contributed by atoms with Crippen molar-refractivity contribution in [3.63, 3.8) is 0 Å². The standard InChI is InChI=1S/C14H10F3NO3/c1-21-13(20)11-7-9(14(15,16)17)8-18(12(11)19)10-5-3-2-4-6-10/h2-8H,1H3. The highest BCUT2D eigenvalue weighted by Crippen LogP contribution is 2.29. The first-order chi connectivity index (χ1) is 9.84. The number of nitrogens with zero attached hydrogens (tertiary/aromatic N) is 1. The number of esters is 1. The Hall–Kier alpha value is -2.57. The van der Waals surface area contributed by atoms with Crippen molar-refractivity contribution >= 4 is 5.97 Å². The normalized spacial score (nSPS) is 11.2. The number of alkyl halides is 3. The predicted molar refractivity (Wildman–Crippen MR) is 68.4 cm³/mol.